The molecule has 1 aliphatic carbocycles. The molecule has 0 radical (unpaired) electrons. The van der Waals surface area contributed by atoms with Crippen molar-refractivity contribution in [2.45, 2.75) is 46.0 Å². The second-order valence-corrected chi connectivity index (χ2v) is 6.42. The molecular weight excluding hydrogens is 285 g/mol. The van der Waals surface area contributed by atoms with Gasteiger partial charge in [-0.1, -0.05) is 32.9 Å². The molecule has 118 valence electrons. The van der Waals surface area contributed by atoms with Crippen LogP contribution in [0.1, 0.15) is 44.7 Å². The third-order valence-corrected chi connectivity index (χ3v) is 3.65. The largest absolute Gasteiger partial charge is 0.455 e. The number of allylic oxidation sites excluding steroid dienone is 3. The predicted molar refractivity (Wildman–Crippen MR) is 82.8 cm³/mol. The van der Waals surface area contributed by atoms with E-state index in [0.29, 0.717) is 18.6 Å². The number of aryl methyl sites for hydroxylation is 1. The van der Waals surface area contributed by atoms with Gasteiger partial charge in [0.1, 0.15) is 11.4 Å². The minimum atomic E-state index is 0.0397. The molecule has 1 aromatic carbocycles. The molecule has 0 saturated heterocycles. The standard InChI is InChI=1S/C17H20FNO3/c1-11-9-12(17(2,3)4)5-8-15(11)21-16-10-13(22-18)6-7-14(16)19-20/h5,8-10H,6-7H2,1-4H3. The molecular formula is C17H20FNO3. The summed E-state index contributed by atoms with van der Waals surface area (Å²) >= 11 is 0. The lowest BCUT2D eigenvalue weighted by Gasteiger charge is -2.21. The van der Waals surface area contributed by atoms with E-state index < -0.39 is 0 Å². The highest BCUT2D eigenvalue weighted by molar-refractivity contribution is 5.41. The van der Waals surface area contributed by atoms with Crippen LogP contribution < -0.4 is 4.74 Å². The Morgan fingerprint density at radius 1 is 1.23 bits per heavy atom. The second-order valence-electron chi connectivity index (χ2n) is 6.42. The summed E-state index contributed by atoms with van der Waals surface area (Å²) in [5.74, 6) is 0.979. The average Bonchev–Trinajstić information content (AvgIpc) is 2.48. The Labute approximate surface area is 129 Å². The summed E-state index contributed by atoms with van der Waals surface area (Å²) in [4.78, 5) is 14.6. The van der Waals surface area contributed by atoms with E-state index in [4.69, 9.17) is 4.74 Å². The van der Waals surface area contributed by atoms with E-state index in [9.17, 15) is 9.43 Å². The fraction of sp³-hybridized carbons (Fsp3) is 0.412. The summed E-state index contributed by atoms with van der Waals surface area (Å²) in [6, 6.07) is 5.88. The number of nitroso groups, excluding NO2 is 1. The van der Waals surface area contributed by atoms with Gasteiger partial charge in [-0.25, -0.2) is 0 Å². The molecule has 0 aliphatic heterocycles. The topological polar surface area (TPSA) is 47.9 Å². The van der Waals surface area contributed by atoms with Gasteiger partial charge >= 0.3 is 0 Å². The van der Waals surface area contributed by atoms with Crippen molar-refractivity contribution in [1.29, 1.82) is 0 Å². The Morgan fingerprint density at radius 3 is 2.50 bits per heavy atom. The quantitative estimate of drug-likeness (QED) is 0.716. The Morgan fingerprint density at radius 2 is 1.95 bits per heavy atom. The van der Waals surface area contributed by atoms with Crippen LogP contribution in [-0.2, 0) is 10.4 Å². The molecule has 0 atom stereocenters. The van der Waals surface area contributed by atoms with E-state index in [1.807, 2.05) is 25.1 Å². The van der Waals surface area contributed by atoms with E-state index >= 15 is 0 Å². The van der Waals surface area contributed by atoms with Crippen molar-refractivity contribution in [1.82, 2.24) is 0 Å². The van der Waals surface area contributed by atoms with Crippen LogP contribution in [0.5, 0.6) is 5.75 Å². The molecule has 22 heavy (non-hydrogen) atoms. The molecule has 4 nitrogen and oxygen atoms in total. The Bertz CT molecular complexity index is 642. The third-order valence-electron chi connectivity index (χ3n) is 3.65. The van der Waals surface area contributed by atoms with Crippen LogP contribution in [0.3, 0.4) is 0 Å². The van der Waals surface area contributed by atoms with Crippen LogP contribution in [0.4, 0.5) is 4.53 Å². The van der Waals surface area contributed by atoms with Gasteiger partial charge in [0.2, 0.25) is 0 Å². The van der Waals surface area contributed by atoms with Crippen molar-refractivity contribution in [3.05, 3.63) is 57.5 Å². The number of benzene rings is 1. The van der Waals surface area contributed by atoms with Crippen LogP contribution >= 0.6 is 0 Å². The number of halogens is 1. The van der Waals surface area contributed by atoms with Gasteiger partial charge in [-0.2, -0.15) is 0 Å². The first-order chi connectivity index (χ1) is 10.3. The fourth-order valence-corrected chi connectivity index (χ4v) is 2.26. The van der Waals surface area contributed by atoms with Crippen LogP contribution in [0, 0.1) is 11.8 Å². The lowest BCUT2D eigenvalue weighted by molar-refractivity contribution is -0.0875. The van der Waals surface area contributed by atoms with Gasteiger partial charge in [-0.3, -0.25) is 4.94 Å². The number of nitrogens with zero attached hydrogens (tertiary/aromatic N) is 1. The van der Waals surface area contributed by atoms with Crippen molar-refractivity contribution >= 4 is 0 Å². The van der Waals surface area contributed by atoms with Gasteiger partial charge in [0.15, 0.2) is 11.5 Å². The first kappa shape index (κ1) is 16.2. The van der Waals surface area contributed by atoms with E-state index in [1.165, 1.54) is 11.6 Å². The van der Waals surface area contributed by atoms with Gasteiger partial charge in [0, 0.05) is 23.4 Å². The first-order valence-electron chi connectivity index (χ1n) is 7.20. The van der Waals surface area contributed by atoms with Crippen molar-refractivity contribution in [3.8, 4) is 5.75 Å². The SMILES string of the molecule is Cc1cc(C(C)(C)C)ccc1OC1=C(N=O)CCC(OF)=C1. The molecule has 0 N–H and O–H groups in total. The predicted octanol–water partition coefficient (Wildman–Crippen LogP) is 5.23. The summed E-state index contributed by atoms with van der Waals surface area (Å²) in [5, 5.41) is 2.96. The second kappa shape index (κ2) is 6.30. The number of hydrogen-bond donors (Lipinski definition) is 0. The van der Waals surface area contributed by atoms with Crippen molar-refractivity contribution in [2.75, 3.05) is 0 Å². The van der Waals surface area contributed by atoms with Crippen molar-refractivity contribution in [2.24, 2.45) is 5.18 Å². The highest BCUT2D eigenvalue weighted by Crippen LogP contribution is 2.32. The van der Waals surface area contributed by atoms with Crippen LogP contribution in [0.2, 0.25) is 0 Å². The zero-order chi connectivity index (χ0) is 16.3. The number of rotatable bonds is 4. The van der Waals surface area contributed by atoms with Crippen molar-refractivity contribution < 1.29 is 14.2 Å². The summed E-state index contributed by atoms with van der Waals surface area (Å²) in [7, 11) is 0. The van der Waals surface area contributed by atoms with E-state index in [1.54, 1.807) is 0 Å². The third kappa shape index (κ3) is 3.53. The van der Waals surface area contributed by atoms with E-state index in [0.717, 1.165) is 5.56 Å². The molecule has 5 heteroatoms. The average molecular weight is 305 g/mol. The normalized spacial score (nSPS) is 15.4. The Kier molecular flexibility index (Phi) is 4.64. The van der Waals surface area contributed by atoms with Crippen LogP contribution in [0.15, 0.2) is 46.7 Å². The highest BCUT2D eigenvalue weighted by Gasteiger charge is 2.20. The maximum absolute atomic E-state index is 12.3. The molecule has 0 bridgehead atoms. The maximum atomic E-state index is 12.3. The summed E-state index contributed by atoms with van der Waals surface area (Å²) in [5.41, 5.74) is 2.43. The van der Waals surface area contributed by atoms with Gasteiger partial charge in [-0.15, -0.1) is 4.91 Å². The minimum absolute atomic E-state index is 0.0397. The summed E-state index contributed by atoms with van der Waals surface area (Å²) < 4.78 is 18.1. The van der Waals surface area contributed by atoms with Crippen molar-refractivity contribution in [3.63, 3.8) is 0 Å². The molecule has 1 aromatic rings. The summed E-state index contributed by atoms with van der Waals surface area (Å²) in [6.07, 6.45) is 1.97. The zero-order valence-electron chi connectivity index (χ0n) is 13.3. The molecule has 0 spiro atoms. The molecule has 1 aliphatic rings. The lowest BCUT2D eigenvalue weighted by atomic mass is 9.86. The van der Waals surface area contributed by atoms with Gasteiger partial charge < -0.3 is 4.74 Å². The van der Waals surface area contributed by atoms with Gasteiger partial charge in [0.05, 0.1) is 0 Å². The fourth-order valence-electron chi connectivity index (χ4n) is 2.26. The molecule has 0 amide bonds. The Hall–Kier alpha value is -2.17. The molecule has 2 rings (SSSR count). The molecule has 0 heterocycles. The molecule has 0 unspecified atom stereocenters. The van der Waals surface area contributed by atoms with Crippen LogP contribution in [-0.4, -0.2) is 0 Å². The summed E-state index contributed by atoms with van der Waals surface area (Å²) in [6.45, 7) is 8.33. The van der Waals surface area contributed by atoms with E-state index in [2.05, 4.69) is 30.9 Å². The van der Waals surface area contributed by atoms with E-state index in [-0.39, 0.29) is 22.6 Å². The number of hydrogen-bond acceptors (Lipinski definition) is 4. The first-order valence-corrected chi connectivity index (χ1v) is 7.20. The zero-order valence-corrected chi connectivity index (χ0v) is 13.3. The number of ether oxygens (including phenoxy) is 1. The molecule has 0 aromatic heterocycles. The van der Waals surface area contributed by atoms with Gasteiger partial charge in [0.25, 0.3) is 0 Å². The molecule has 0 fully saturated rings. The highest BCUT2D eigenvalue weighted by atomic mass is 19.3. The van der Waals surface area contributed by atoms with Crippen LogP contribution in [0.25, 0.3) is 0 Å². The molecule has 0 saturated carbocycles. The Balaban J connectivity index is 2.32. The minimum Gasteiger partial charge on any atom is -0.455 e. The smallest absolute Gasteiger partial charge is 0.155 e. The monoisotopic (exact) mass is 305 g/mol. The van der Waals surface area contributed by atoms with Gasteiger partial charge in [-0.05, 0) is 34.7 Å². The lowest BCUT2D eigenvalue weighted by Crippen LogP contribution is -2.11. The maximum Gasteiger partial charge on any atom is 0.155 e.